The van der Waals surface area contributed by atoms with Crippen molar-refractivity contribution in [1.82, 2.24) is 14.8 Å². The van der Waals surface area contributed by atoms with Crippen molar-refractivity contribution in [3.63, 3.8) is 0 Å². The lowest BCUT2D eigenvalue weighted by molar-refractivity contribution is 0.570. The third-order valence-corrected chi connectivity index (χ3v) is 4.44. The van der Waals surface area contributed by atoms with Crippen LogP contribution in [0.2, 0.25) is 0 Å². The molecule has 0 spiro atoms. The zero-order valence-corrected chi connectivity index (χ0v) is 14.2. The molecule has 4 aromatic rings. The summed E-state index contributed by atoms with van der Waals surface area (Å²) in [5.74, 6) is 0.205. The van der Waals surface area contributed by atoms with E-state index in [1.807, 2.05) is 64.8 Å². The van der Waals surface area contributed by atoms with Gasteiger partial charge in [0.25, 0.3) is 5.88 Å². The summed E-state index contributed by atoms with van der Waals surface area (Å²) in [4.78, 5) is 4.82. The summed E-state index contributed by atoms with van der Waals surface area (Å²) in [6, 6.07) is 15.8. The van der Waals surface area contributed by atoms with Crippen LogP contribution in [0, 0.1) is 11.3 Å². The molecule has 0 bridgehead atoms. The number of hydrogen-bond acceptors (Lipinski definition) is 7. The number of benzene rings is 1. The predicted molar refractivity (Wildman–Crippen MR) is 99.3 cm³/mol. The lowest BCUT2D eigenvalue weighted by Gasteiger charge is -1.98. The molecule has 0 amide bonds. The highest BCUT2D eigenvalue weighted by Gasteiger charge is 2.12. The minimum atomic E-state index is 0.153. The second-order valence-electron chi connectivity index (χ2n) is 5.20. The van der Waals surface area contributed by atoms with Crippen LogP contribution in [0.4, 0.5) is 5.88 Å². The van der Waals surface area contributed by atoms with Gasteiger partial charge in [-0.2, -0.15) is 15.5 Å². The van der Waals surface area contributed by atoms with Crippen LogP contribution in [0.3, 0.4) is 0 Å². The third kappa shape index (κ3) is 3.11. The van der Waals surface area contributed by atoms with Crippen molar-refractivity contribution in [1.29, 1.82) is 5.26 Å². The normalized spacial score (nSPS) is 10.9. The molecule has 8 heteroatoms. The van der Waals surface area contributed by atoms with E-state index in [9.17, 15) is 0 Å². The van der Waals surface area contributed by atoms with Crippen LogP contribution in [0.5, 0.6) is 0 Å². The Morgan fingerprint density at radius 2 is 2.12 bits per heavy atom. The first-order valence-electron chi connectivity index (χ1n) is 7.67. The molecule has 3 aromatic heterocycles. The van der Waals surface area contributed by atoms with E-state index in [-0.39, 0.29) is 11.6 Å². The number of oxazole rings is 1. The van der Waals surface area contributed by atoms with Gasteiger partial charge in [0, 0.05) is 11.8 Å². The van der Waals surface area contributed by atoms with E-state index in [0.717, 1.165) is 21.8 Å². The fourth-order valence-electron chi connectivity index (χ4n) is 2.37. The topological polar surface area (TPSA) is 92.0 Å². The van der Waals surface area contributed by atoms with Crippen LogP contribution >= 0.6 is 11.3 Å². The van der Waals surface area contributed by atoms with E-state index in [2.05, 4.69) is 15.5 Å². The van der Waals surface area contributed by atoms with E-state index in [0.29, 0.717) is 0 Å². The molecule has 1 aromatic carbocycles. The van der Waals surface area contributed by atoms with Crippen LogP contribution < -0.4 is 5.43 Å². The van der Waals surface area contributed by atoms with Crippen LogP contribution in [-0.4, -0.2) is 21.0 Å². The van der Waals surface area contributed by atoms with Crippen LogP contribution in [-0.2, 0) is 0 Å². The molecule has 0 radical (unpaired) electrons. The number of thiophene rings is 1. The van der Waals surface area contributed by atoms with Gasteiger partial charge in [0.15, 0.2) is 6.39 Å². The highest BCUT2D eigenvalue weighted by atomic mass is 32.1. The maximum absolute atomic E-state index is 8.95. The molecule has 0 aliphatic rings. The Balaban J connectivity index is 1.67. The maximum Gasteiger partial charge on any atom is 0.251 e. The van der Waals surface area contributed by atoms with E-state index >= 15 is 0 Å². The summed E-state index contributed by atoms with van der Waals surface area (Å²) >= 11 is 1.61. The second kappa shape index (κ2) is 7.04. The molecule has 4 rings (SSSR count). The van der Waals surface area contributed by atoms with Gasteiger partial charge in [-0.05, 0) is 23.6 Å². The summed E-state index contributed by atoms with van der Waals surface area (Å²) in [6.07, 6.45) is 4.74. The van der Waals surface area contributed by atoms with Gasteiger partial charge in [-0.3, -0.25) is 0 Å². The average molecular weight is 360 g/mol. The molecule has 0 aliphatic carbocycles. The summed E-state index contributed by atoms with van der Waals surface area (Å²) in [5, 5.41) is 19.8. The number of nitrogens with zero attached hydrogens (tertiary/aromatic N) is 5. The van der Waals surface area contributed by atoms with Crippen molar-refractivity contribution in [3.8, 4) is 22.3 Å². The van der Waals surface area contributed by atoms with E-state index < -0.39 is 0 Å². The SMILES string of the molecule is N#Cc1ncoc1N/N=C\c1cn(-c2ccccc2)nc1-c1cccs1. The summed E-state index contributed by atoms with van der Waals surface area (Å²) in [7, 11) is 0. The molecule has 0 aliphatic heterocycles. The number of hydrazone groups is 1. The molecule has 0 atom stereocenters. The Kier molecular flexibility index (Phi) is 4.28. The molecule has 26 heavy (non-hydrogen) atoms. The smallest absolute Gasteiger partial charge is 0.251 e. The van der Waals surface area contributed by atoms with Crippen molar-refractivity contribution < 1.29 is 4.42 Å². The number of nitrogens with one attached hydrogen (secondary N) is 1. The first-order chi connectivity index (χ1) is 12.8. The van der Waals surface area contributed by atoms with Gasteiger partial charge in [0.1, 0.15) is 11.8 Å². The van der Waals surface area contributed by atoms with Gasteiger partial charge < -0.3 is 4.42 Å². The first kappa shape index (κ1) is 15.8. The summed E-state index contributed by atoms with van der Waals surface area (Å²) < 4.78 is 6.90. The zero-order chi connectivity index (χ0) is 17.8. The van der Waals surface area contributed by atoms with Gasteiger partial charge in [0.05, 0.1) is 16.8 Å². The number of nitriles is 1. The van der Waals surface area contributed by atoms with Crippen LogP contribution in [0.15, 0.2) is 70.0 Å². The minimum Gasteiger partial charge on any atom is -0.425 e. The highest BCUT2D eigenvalue weighted by molar-refractivity contribution is 7.13. The Morgan fingerprint density at radius 1 is 1.23 bits per heavy atom. The number of anilines is 1. The quantitative estimate of drug-likeness (QED) is 0.430. The first-order valence-corrected chi connectivity index (χ1v) is 8.55. The molecular formula is C18H12N6OS. The van der Waals surface area contributed by atoms with E-state index in [1.165, 1.54) is 6.39 Å². The minimum absolute atomic E-state index is 0.153. The second-order valence-corrected chi connectivity index (χ2v) is 6.15. The number of hydrogen-bond donors (Lipinski definition) is 1. The van der Waals surface area contributed by atoms with Crippen molar-refractivity contribution in [2.24, 2.45) is 5.10 Å². The Bertz CT molecular complexity index is 1070. The van der Waals surface area contributed by atoms with Crippen molar-refractivity contribution in [2.45, 2.75) is 0 Å². The Morgan fingerprint density at radius 3 is 2.88 bits per heavy atom. The van der Waals surface area contributed by atoms with Crippen LogP contribution in [0.1, 0.15) is 11.3 Å². The Labute approximate surface area is 152 Å². The summed E-state index contributed by atoms with van der Waals surface area (Å²) in [5.41, 5.74) is 5.47. The average Bonchev–Trinajstić information content (AvgIpc) is 3.43. The molecule has 0 unspecified atom stereocenters. The Hall–Kier alpha value is -3.70. The molecule has 7 nitrogen and oxygen atoms in total. The predicted octanol–water partition coefficient (Wildman–Crippen LogP) is 3.91. The van der Waals surface area contributed by atoms with Crippen molar-refractivity contribution in [2.75, 3.05) is 5.43 Å². The molecule has 126 valence electrons. The zero-order valence-electron chi connectivity index (χ0n) is 13.4. The van der Waals surface area contributed by atoms with E-state index in [1.54, 1.807) is 17.6 Å². The van der Waals surface area contributed by atoms with Gasteiger partial charge >= 0.3 is 0 Å². The van der Waals surface area contributed by atoms with Crippen molar-refractivity contribution >= 4 is 23.4 Å². The fraction of sp³-hybridized carbons (Fsp3) is 0. The molecule has 0 saturated carbocycles. The molecular weight excluding hydrogens is 348 g/mol. The molecule has 0 saturated heterocycles. The molecule has 1 N–H and O–H groups in total. The standard InChI is InChI=1S/C18H12N6OS/c19-9-15-18(25-12-20-15)22-21-10-13-11-24(14-5-2-1-3-6-14)23-17(13)16-7-4-8-26-16/h1-8,10-12,22H/b21-10-. The van der Waals surface area contributed by atoms with Gasteiger partial charge in [-0.1, -0.05) is 24.3 Å². The van der Waals surface area contributed by atoms with Crippen molar-refractivity contribution in [3.05, 3.63) is 71.7 Å². The monoisotopic (exact) mass is 360 g/mol. The molecule has 0 fully saturated rings. The van der Waals surface area contributed by atoms with Gasteiger partial charge in [-0.25, -0.2) is 15.1 Å². The van der Waals surface area contributed by atoms with Gasteiger partial charge in [0.2, 0.25) is 5.69 Å². The summed E-state index contributed by atoms with van der Waals surface area (Å²) in [6.45, 7) is 0. The lowest BCUT2D eigenvalue weighted by Crippen LogP contribution is -1.93. The van der Waals surface area contributed by atoms with Crippen LogP contribution in [0.25, 0.3) is 16.3 Å². The largest absolute Gasteiger partial charge is 0.425 e. The molecule has 3 heterocycles. The lowest BCUT2D eigenvalue weighted by atomic mass is 10.2. The fourth-order valence-corrected chi connectivity index (χ4v) is 3.10. The maximum atomic E-state index is 8.95. The third-order valence-electron chi connectivity index (χ3n) is 3.56. The number of aromatic nitrogens is 3. The number of para-hydroxylation sites is 1. The number of rotatable bonds is 5. The highest BCUT2D eigenvalue weighted by Crippen LogP contribution is 2.27. The van der Waals surface area contributed by atoms with Gasteiger partial charge in [-0.15, -0.1) is 11.3 Å². The van der Waals surface area contributed by atoms with E-state index in [4.69, 9.17) is 14.8 Å².